The second-order valence-corrected chi connectivity index (χ2v) is 13.8. The highest BCUT2D eigenvalue weighted by atomic mass is 35.5. The van der Waals surface area contributed by atoms with Crippen LogP contribution in [-0.4, -0.2) is 5.97 Å². The minimum atomic E-state index is -3.81. The zero-order valence-corrected chi connectivity index (χ0v) is 23.8. The van der Waals surface area contributed by atoms with Gasteiger partial charge in [0.25, 0.3) is 0 Å². The van der Waals surface area contributed by atoms with Crippen LogP contribution in [0.2, 0.25) is 15.1 Å². The van der Waals surface area contributed by atoms with Crippen LogP contribution < -0.4 is 10.6 Å². The van der Waals surface area contributed by atoms with E-state index in [0.29, 0.717) is 41.0 Å². The summed E-state index contributed by atoms with van der Waals surface area (Å²) in [5, 5.41) is 2.31. The van der Waals surface area contributed by atoms with Gasteiger partial charge in [0.05, 0.1) is 4.91 Å². The predicted molar refractivity (Wildman–Crippen MR) is 154 cm³/mol. The van der Waals surface area contributed by atoms with E-state index in [2.05, 4.69) is 0 Å². The Kier molecular flexibility index (Phi) is 7.52. The first-order chi connectivity index (χ1) is 18.1. The van der Waals surface area contributed by atoms with Crippen molar-refractivity contribution in [2.45, 2.75) is 17.4 Å². The molecule has 9 heteroatoms. The fourth-order valence-corrected chi connectivity index (χ4v) is 9.00. The summed E-state index contributed by atoms with van der Waals surface area (Å²) in [6.07, 6.45) is 0. The van der Waals surface area contributed by atoms with Gasteiger partial charge in [-0.1, -0.05) is 58.7 Å². The molecule has 5 rings (SSSR count). The predicted octanol–water partition coefficient (Wildman–Crippen LogP) is 8.58. The SMILES string of the molecule is CC1(c2ccc(Cl)cc2)OC(=O)C(P(=O)(c2ccc(Cl)cc2)c2ccc(Cl)cc2)=C1Sc1ccc(F)cc1. The molecule has 0 aromatic heterocycles. The van der Waals surface area contributed by atoms with Gasteiger partial charge in [0, 0.05) is 36.1 Å². The van der Waals surface area contributed by atoms with E-state index in [1.165, 1.54) is 23.9 Å². The Morgan fingerprint density at radius 1 is 0.737 bits per heavy atom. The van der Waals surface area contributed by atoms with Crippen molar-refractivity contribution in [3.8, 4) is 0 Å². The van der Waals surface area contributed by atoms with Gasteiger partial charge in [-0.3, -0.25) is 0 Å². The topological polar surface area (TPSA) is 43.4 Å². The number of hydrogen-bond acceptors (Lipinski definition) is 4. The lowest BCUT2D eigenvalue weighted by Crippen LogP contribution is -2.24. The number of halogens is 4. The number of cyclic esters (lactones) is 1. The lowest BCUT2D eigenvalue weighted by molar-refractivity contribution is -0.145. The molecule has 4 aromatic rings. The highest BCUT2D eigenvalue weighted by Gasteiger charge is 2.53. The third-order valence-corrected chi connectivity index (χ3v) is 11.6. The maximum atomic E-state index is 15.3. The number of benzene rings is 4. The number of ether oxygens (including phenoxy) is 1. The average Bonchev–Trinajstić information content (AvgIpc) is 3.16. The van der Waals surface area contributed by atoms with Gasteiger partial charge in [-0.2, -0.15) is 0 Å². The monoisotopic (exact) mass is 602 g/mol. The van der Waals surface area contributed by atoms with Crippen molar-refractivity contribution in [3.05, 3.63) is 134 Å². The van der Waals surface area contributed by atoms with Gasteiger partial charge in [-0.15, -0.1) is 0 Å². The Morgan fingerprint density at radius 2 is 1.18 bits per heavy atom. The van der Waals surface area contributed by atoms with E-state index in [1.54, 1.807) is 91.9 Å². The summed E-state index contributed by atoms with van der Waals surface area (Å²) in [6.45, 7) is 1.75. The van der Waals surface area contributed by atoms with Gasteiger partial charge in [0.1, 0.15) is 11.1 Å². The van der Waals surface area contributed by atoms with Crippen LogP contribution in [0.25, 0.3) is 0 Å². The second-order valence-electron chi connectivity index (χ2n) is 8.73. The van der Waals surface area contributed by atoms with Crippen LogP contribution in [0.4, 0.5) is 4.39 Å². The summed E-state index contributed by atoms with van der Waals surface area (Å²) in [5.41, 5.74) is -0.640. The smallest absolute Gasteiger partial charge is 0.344 e. The molecule has 38 heavy (non-hydrogen) atoms. The summed E-state index contributed by atoms with van der Waals surface area (Å²) in [4.78, 5) is 14.9. The Balaban J connectivity index is 1.82. The molecule has 4 aromatic carbocycles. The van der Waals surface area contributed by atoms with Crippen molar-refractivity contribution in [1.82, 2.24) is 0 Å². The molecule has 0 amide bonds. The van der Waals surface area contributed by atoms with Crippen LogP contribution in [-0.2, 0) is 19.7 Å². The molecule has 0 saturated carbocycles. The standard InChI is InChI=1S/C29H19Cl3FO3PS/c1-29(18-2-4-19(30)5-3-18)27(38-25-16-10-22(33)11-17-25)26(28(34)36-29)37(35,23-12-6-20(31)7-13-23)24-14-8-21(32)9-15-24/h2-17H,1H3. The van der Waals surface area contributed by atoms with E-state index >= 15 is 4.57 Å². The van der Waals surface area contributed by atoms with Gasteiger partial charge in [0.15, 0.2) is 12.7 Å². The molecular weight excluding hydrogens is 585 g/mol. The van der Waals surface area contributed by atoms with Crippen molar-refractivity contribution in [3.63, 3.8) is 0 Å². The van der Waals surface area contributed by atoms with E-state index in [0.717, 1.165) is 0 Å². The maximum Gasteiger partial charge on any atom is 0.344 e. The number of carbonyl (C=O) groups excluding carboxylic acids is 1. The van der Waals surface area contributed by atoms with Crippen LogP contribution >= 0.6 is 53.7 Å². The number of thioether (sulfide) groups is 1. The van der Waals surface area contributed by atoms with Crippen LogP contribution in [0.1, 0.15) is 12.5 Å². The first-order valence-electron chi connectivity index (χ1n) is 11.4. The van der Waals surface area contributed by atoms with Gasteiger partial charge in [-0.05, 0) is 91.9 Å². The molecule has 1 aliphatic heterocycles. The molecule has 0 saturated heterocycles. The van der Waals surface area contributed by atoms with Gasteiger partial charge < -0.3 is 9.30 Å². The minimum Gasteiger partial charge on any atom is -0.445 e. The highest BCUT2D eigenvalue weighted by Crippen LogP contribution is 2.62. The average molecular weight is 604 g/mol. The zero-order chi connectivity index (χ0) is 27.1. The first-order valence-corrected chi connectivity index (χ1v) is 15.1. The van der Waals surface area contributed by atoms with Crippen LogP contribution in [0.15, 0.2) is 112 Å². The minimum absolute atomic E-state index is 0.0360. The fourth-order valence-electron chi connectivity index (χ4n) is 4.30. The summed E-state index contributed by atoms with van der Waals surface area (Å²) < 4.78 is 35.1. The summed E-state index contributed by atoms with van der Waals surface area (Å²) >= 11 is 19.6. The van der Waals surface area contributed by atoms with Crippen LogP contribution in [0.3, 0.4) is 0 Å². The molecule has 1 aliphatic rings. The van der Waals surface area contributed by atoms with Gasteiger partial charge in [-0.25, -0.2) is 9.18 Å². The lowest BCUT2D eigenvalue weighted by atomic mass is 9.96. The second kappa shape index (κ2) is 10.6. The van der Waals surface area contributed by atoms with Crippen molar-refractivity contribution < 1.29 is 18.5 Å². The molecular formula is C29H19Cl3FO3PS. The summed E-state index contributed by atoms with van der Waals surface area (Å²) in [6, 6.07) is 25.9. The zero-order valence-electron chi connectivity index (χ0n) is 19.8. The molecule has 1 unspecified atom stereocenters. The van der Waals surface area contributed by atoms with E-state index in [-0.39, 0.29) is 5.31 Å². The molecule has 0 fully saturated rings. The number of carbonyl (C=O) groups is 1. The number of hydrogen-bond donors (Lipinski definition) is 0. The Hall–Kier alpha value is -2.53. The van der Waals surface area contributed by atoms with Crippen molar-refractivity contribution >= 4 is 70.3 Å². The van der Waals surface area contributed by atoms with Crippen LogP contribution in [0, 0.1) is 5.82 Å². The normalized spacial score (nSPS) is 17.6. The van der Waals surface area contributed by atoms with E-state index in [9.17, 15) is 9.18 Å². The molecule has 192 valence electrons. The Bertz CT molecular complexity index is 1540. The van der Waals surface area contributed by atoms with Gasteiger partial charge >= 0.3 is 5.97 Å². The van der Waals surface area contributed by atoms with E-state index in [4.69, 9.17) is 39.5 Å². The van der Waals surface area contributed by atoms with Gasteiger partial charge in [0.2, 0.25) is 0 Å². The van der Waals surface area contributed by atoms with E-state index < -0.39 is 24.5 Å². The molecule has 0 N–H and O–H groups in total. The van der Waals surface area contributed by atoms with E-state index in [1.807, 2.05) is 0 Å². The van der Waals surface area contributed by atoms with Crippen molar-refractivity contribution in [1.29, 1.82) is 0 Å². The summed E-state index contributed by atoms with van der Waals surface area (Å²) in [7, 11) is -3.81. The third-order valence-electron chi connectivity index (χ3n) is 6.26. The number of esters is 1. The molecule has 0 aliphatic carbocycles. The third kappa shape index (κ3) is 4.95. The molecule has 3 nitrogen and oxygen atoms in total. The Morgan fingerprint density at radius 3 is 1.66 bits per heavy atom. The lowest BCUT2D eigenvalue weighted by Gasteiger charge is -2.27. The summed E-state index contributed by atoms with van der Waals surface area (Å²) in [5.74, 6) is -1.10. The highest BCUT2D eigenvalue weighted by molar-refractivity contribution is 8.04. The largest absolute Gasteiger partial charge is 0.445 e. The molecule has 0 bridgehead atoms. The maximum absolute atomic E-state index is 15.3. The molecule has 0 radical (unpaired) electrons. The quantitative estimate of drug-likeness (QED) is 0.164. The van der Waals surface area contributed by atoms with Crippen molar-refractivity contribution in [2.75, 3.05) is 0 Å². The van der Waals surface area contributed by atoms with Crippen molar-refractivity contribution in [2.24, 2.45) is 0 Å². The number of rotatable bonds is 6. The first kappa shape index (κ1) is 27.1. The molecule has 1 heterocycles. The molecule has 1 atom stereocenters. The molecule has 0 spiro atoms. The fraction of sp³-hybridized carbons (Fsp3) is 0.0690. The van der Waals surface area contributed by atoms with Crippen LogP contribution in [0.5, 0.6) is 0 Å². The Labute approximate surface area is 238 Å².